The summed E-state index contributed by atoms with van der Waals surface area (Å²) in [7, 11) is 3.18. The number of hydrogen-bond donors (Lipinski definition) is 0. The van der Waals surface area contributed by atoms with Crippen molar-refractivity contribution >= 4 is 34.3 Å². The number of ether oxygens (including phenoxy) is 1. The van der Waals surface area contributed by atoms with E-state index in [0.29, 0.717) is 27.5 Å². The normalized spacial score (nSPS) is 10.5. The third-order valence-corrected chi connectivity index (χ3v) is 5.41. The smallest absolute Gasteiger partial charge is 0.261 e. The number of carbonyl (C=O) groups is 1. The average Bonchev–Trinajstić information content (AvgIpc) is 2.75. The molecule has 2 aromatic carbocycles. The molecule has 7 nitrogen and oxygen atoms in total. The molecular formula is C21H20N4O3S. The molecule has 0 bridgehead atoms. The van der Waals surface area contributed by atoms with Crippen LogP contribution in [0.25, 0.3) is 10.9 Å². The van der Waals surface area contributed by atoms with E-state index in [-0.39, 0.29) is 30.2 Å². The molecule has 29 heavy (non-hydrogen) atoms. The van der Waals surface area contributed by atoms with Gasteiger partial charge < -0.3 is 9.64 Å². The molecule has 0 aliphatic heterocycles. The Balaban J connectivity index is 1.86. The number of nitrogens with zero attached hydrogens (tertiary/aromatic N) is 4. The van der Waals surface area contributed by atoms with E-state index in [0.717, 1.165) is 0 Å². The summed E-state index contributed by atoms with van der Waals surface area (Å²) in [4.78, 5) is 31.6. The summed E-state index contributed by atoms with van der Waals surface area (Å²) in [6.45, 7) is 0.250. The number of carbonyl (C=O) groups excluding carboxylic acids is 1. The number of fused-ring (bicyclic) bond motifs is 1. The molecule has 0 N–H and O–H groups in total. The van der Waals surface area contributed by atoms with Gasteiger partial charge in [0.05, 0.1) is 41.9 Å². The highest BCUT2D eigenvalue weighted by molar-refractivity contribution is 7.99. The van der Waals surface area contributed by atoms with Gasteiger partial charge in [-0.25, -0.2) is 4.98 Å². The van der Waals surface area contributed by atoms with Gasteiger partial charge in [0.25, 0.3) is 5.56 Å². The summed E-state index contributed by atoms with van der Waals surface area (Å²) in [5.74, 6) is 0.430. The molecule has 0 spiro atoms. The Morgan fingerprint density at radius 2 is 1.97 bits per heavy atom. The first-order valence-corrected chi connectivity index (χ1v) is 9.94. The number of hydrogen-bond acceptors (Lipinski definition) is 6. The maximum atomic E-state index is 13.0. The van der Waals surface area contributed by atoms with Gasteiger partial charge >= 0.3 is 0 Å². The summed E-state index contributed by atoms with van der Waals surface area (Å²) in [6.07, 6.45) is 0.196. The van der Waals surface area contributed by atoms with Crippen molar-refractivity contribution in [2.75, 3.05) is 24.3 Å². The molecule has 148 valence electrons. The highest BCUT2D eigenvalue weighted by atomic mass is 32.2. The highest BCUT2D eigenvalue weighted by Crippen LogP contribution is 2.29. The van der Waals surface area contributed by atoms with E-state index in [9.17, 15) is 9.59 Å². The van der Waals surface area contributed by atoms with Crippen LogP contribution in [0.5, 0.6) is 5.75 Å². The molecule has 0 fully saturated rings. The summed E-state index contributed by atoms with van der Waals surface area (Å²) in [5.41, 5.74) is 1.05. The van der Waals surface area contributed by atoms with Crippen LogP contribution in [0, 0.1) is 11.3 Å². The van der Waals surface area contributed by atoms with Crippen molar-refractivity contribution in [1.82, 2.24) is 9.55 Å². The standard InChI is InChI=1S/C21H20N4O3S/c1-24-20(27)15-8-3-4-9-16(15)23-21(24)29-14-19(26)25(13-7-12-22)17-10-5-6-11-18(17)28-2/h3-6,8-11H,7,13-14H2,1-2H3. The molecule has 0 unspecified atom stereocenters. The van der Waals surface area contributed by atoms with Gasteiger partial charge in [0.2, 0.25) is 5.91 Å². The van der Waals surface area contributed by atoms with Gasteiger partial charge in [0, 0.05) is 13.6 Å². The molecule has 0 atom stereocenters. The lowest BCUT2D eigenvalue weighted by atomic mass is 10.2. The molecule has 0 saturated heterocycles. The molecule has 3 aromatic rings. The van der Waals surface area contributed by atoms with E-state index in [4.69, 9.17) is 10.00 Å². The Labute approximate surface area is 172 Å². The third-order valence-electron chi connectivity index (χ3n) is 4.39. The van der Waals surface area contributed by atoms with Crippen molar-refractivity contribution in [2.45, 2.75) is 11.6 Å². The fourth-order valence-corrected chi connectivity index (χ4v) is 3.77. The van der Waals surface area contributed by atoms with Crippen LogP contribution < -0.4 is 15.2 Å². The highest BCUT2D eigenvalue weighted by Gasteiger charge is 2.20. The Kier molecular flexibility index (Phi) is 6.52. The van der Waals surface area contributed by atoms with Gasteiger partial charge in [0.15, 0.2) is 5.16 Å². The number of anilines is 1. The zero-order valence-electron chi connectivity index (χ0n) is 16.2. The van der Waals surface area contributed by atoms with E-state index in [1.807, 2.05) is 18.2 Å². The van der Waals surface area contributed by atoms with E-state index in [2.05, 4.69) is 11.1 Å². The SMILES string of the molecule is COc1ccccc1N(CCC#N)C(=O)CSc1nc2ccccc2c(=O)n1C. The molecule has 1 aromatic heterocycles. The van der Waals surface area contributed by atoms with Crippen LogP contribution in [0.4, 0.5) is 5.69 Å². The minimum absolute atomic E-state index is 0.0715. The molecule has 0 aliphatic carbocycles. The van der Waals surface area contributed by atoms with Crippen molar-refractivity contribution in [3.8, 4) is 11.8 Å². The number of amides is 1. The van der Waals surface area contributed by atoms with Gasteiger partial charge in [-0.2, -0.15) is 5.26 Å². The molecule has 8 heteroatoms. The summed E-state index contributed by atoms with van der Waals surface area (Å²) in [6, 6.07) is 16.4. The number of nitriles is 1. The van der Waals surface area contributed by atoms with Crippen LogP contribution in [-0.4, -0.2) is 34.9 Å². The molecule has 0 saturated carbocycles. The molecule has 1 amide bonds. The number of methoxy groups -OCH3 is 1. The van der Waals surface area contributed by atoms with Crippen LogP contribution >= 0.6 is 11.8 Å². The first-order valence-electron chi connectivity index (χ1n) is 8.95. The predicted octanol–water partition coefficient (Wildman–Crippen LogP) is 2.98. The number of rotatable bonds is 7. The lowest BCUT2D eigenvalue weighted by Crippen LogP contribution is -2.34. The topological polar surface area (TPSA) is 88.2 Å². The molecule has 0 aliphatic rings. The largest absolute Gasteiger partial charge is 0.495 e. The minimum Gasteiger partial charge on any atom is -0.495 e. The Hall–Kier alpha value is -3.31. The van der Waals surface area contributed by atoms with Crippen molar-refractivity contribution in [3.05, 3.63) is 58.9 Å². The third kappa shape index (κ3) is 4.41. The molecule has 0 radical (unpaired) electrons. The van der Waals surface area contributed by atoms with Crippen LogP contribution in [0.2, 0.25) is 0 Å². The summed E-state index contributed by atoms with van der Waals surface area (Å²) >= 11 is 1.19. The van der Waals surface area contributed by atoms with Crippen molar-refractivity contribution < 1.29 is 9.53 Å². The van der Waals surface area contributed by atoms with E-state index < -0.39 is 0 Å². The lowest BCUT2D eigenvalue weighted by molar-refractivity contribution is -0.116. The van der Waals surface area contributed by atoms with Crippen LogP contribution in [0.1, 0.15) is 6.42 Å². The number of para-hydroxylation sites is 3. The van der Waals surface area contributed by atoms with E-state index in [1.54, 1.807) is 37.4 Å². The predicted molar refractivity (Wildman–Crippen MR) is 113 cm³/mol. The van der Waals surface area contributed by atoms with Crippen LogP contribution in [0.15, 0.2) is 58.5 Å². The Bertz CT molecular complexity index is 1140. The van der Waals surface area contributed by atoms with Crippen LogP contribution in [0.3, 0.4) is 0 Å². The lowest BCUT2D eigenvalue weighted by Gasteiger charge is -2.23. The van der Waals surface area contributed by atoms with Crippen LogP contribution in [-0.2, 0) is 11.8 Å². The second kappa shape index (κ2) is 9.26. The zero-order valence-corrected chi connectivity index (χ0v) is 17.0. The minimum atomic E-state index is -0.197. The van der Waals surface area contributed by atoms with Gasteiger partial charge in [-0.3, -0.25) is 14.2 Å². The monoisotopic (exact) mass is 408 g/mol. The quantitative estimate of drug-likeness (QED) is 0.441. The van der Waals surface area contributed by atoms with E-state index in [1.165, 1.54) is 28.3 Å². The average molecular weight is 408 g/mol. The van der Waals surface area contributed by atoms with Gasteiger partial charge in [0.1, 0.15) is 5.75 Å². The first-order chi connectivity index (χ1) is 14.1. The van der Waals surface area contributed by atoms with E-state index >= 15 is 0 Å². The maximum absolute atomic E-state index is 13.0. The number of benzene rings is 2. The number of thioether (sulfide) groups is 1. The molecular weight excluding hydrogens is 388 g/mol. The van der Waals surface area contributed by atoms with Gasteiger partial charge in [-0.1, -0.05) is 36.0 Å². The second-order valence-corrected chi connectivity index (χ2v) is 7.13. The Morgan fingerprint density at radius 3 is 2.72 bits per heavy atom. The van der Waals surface area contributed by atoms with Crippen molar-refractivity contribution in [2.24, 2.45) is 7.05 Å². The summed E-state index contributed by atoms with van der Waals surface area (Å²) < 4.78 is 6.81. The van der Waals surface area contributed by atoms with Crippen molar-refractivity contribution in [1.29, 1.82) is 5.26 Å². The number of aromatic nitrogens is 2. The molecule has 1 heterocycles. The van der Waals surface area contributed by atoms with Gasteiger partial charge in [-0.05, 0) is 24.3 Å². The summed E-state index contributed by atoms with van der Waals surface area (Å²) in [5, 5.41) is 9.97. The fraction of sp³-hybridized carbons (Fsp3) is 0.238. The van der Waals surface area contributed by atoms with Gasteiger partial charge in [-0.15, -0.1) is 0 Å². The maximum Gasteiger partial charge on any atom is 0.261 e. The second-order valence-electron chi connectivity index (χ2n) is 6.19. The first kappa shape index (κ1) is 20.4. The zero-order chi connectivity index (χ0) is 20.8. The van der Waals surface area contributed by atoms with Crippen molar-refractivity contribution in [3.63, 3.8) is 0 Å². The Morgan fingerprint density at radius 1 is 1.24 bits per heavy atom. The molecule has 3 rings (SSSR count). The fourth-order valence-electron chi connectivity index (χ4n) is 2.92.